The Balaban J connectivity index is 1.93. The van der Waals surface area contributed by atoms with Gasteiger partial charge in [-0.25, -0.2) is 9.67 Å². The van der Waals surface area contributed by atoms with Gasteiger partial charge in [0.2, 0.25) is 0 Å². The fourth-order valence-corrected chi connectivity index (χ4v) is 3.21. The van der Waals surface area contributed by atoms with E-state index in [1.165, 1.54) is 22.3 Å². The van der Waals surface area contributed by atoms with Gasteiger partial charge in [0.15, 0.2) is 0 Å². The van der Waals surface area contributed by atoms with Crippen molar-refractivity contribution in [2.45, 2.75) is 20.8 Å². The number of aryl methyl sites for hydroxylation is 3. The van der Waals surface area contributed by atoms with Crippen molar-refractivity contribution in [2.75, 3.05) is 0 Å². The van der Waals surface area contributed by atoms with Crippen LogP contribution in [0.1, 0.15) is 16.8 Å². The summed E-state index contributed by atoms with van der Waals surface area (Å²) in [5.41, 5.74) is 7.95. The molecule has 0 spiro atoms. The number of hydrogen-bond donors (Lipinski definition) is 1. The van der Waals surface area contributed by atoms with Gasteiger partial charge in [-0.2, -0.15) is 5.10 Å². The summed E-state index contributed by atoms with van der Waals surface area (Å²) in [6.45, 7) is 6.36. The summed E-state index contributed by atoms with van der Waals surface area (Å²) in [7, 11) is 0. The second kappa shape index (κ2) is 5.09. The first kappa shape index (κ1) is 13.8. The Kier molecular flexibility index (Phi) is 3.05. The van der Waals surface area contributed by atoms with E-state index in [2.05, 4.69) is 55.1 Å². The molecule has 0 unspecified atom stereocenters. The SMILES string of the molecule is Cc1cccc(C)c1-c1cn(-c2ccnc3[nH]ccc23)nc1C. The van der Waals surface area contributed by atoms with E-state index in [0.717, 1.165) is 22.4 Å². The monoisotopic (exact) mass is 302 g/mol. The number of aromatic nitrogens is 4. The Labute approximate surface area is 134 Å². The Morgan fingerprint density at radius 3 is 2.57 bits per heavy atom. The van der Waals surface area contributed by atoms with Gasteiger partial charge in [0, 0.05) is 29.5 Å². The van der Waals surface area contributed by atoms with Gasteiger partial charge in [0.1, 0.15) is 5.65 Å². The minimum Gasteiger partial charge on any atom is -0.346 e. The Hall–Kier alpha value is -2.88. The maximum atomic E-state index is 4.74. The molecule has 114 valence electrons. The van der Waals surface area contributed by atoms with Gasteiger partial charge in [-0.05, 0) is 49.6 Å². The van der Waals surface area contributed by atoms with Crippen LogP contribution in [-0.4, -0.2) is 19.7 Å². The number of aromatic amines is 1. The number of rotatable bonds is 2. The third kappa shape index (κ3) is 2.14. The van der Waals surface area contributed by atoms with Crippen LogP contribution in [0.2, 0.25) is 0 Å². The largest absolute Gasteiger partial charge is 0.346 e. The fourth-order valence-electron chi connectivity index (χ4n) is 3.21. The third-order valence-corrected chi connectivity index (χ3v) is 4.33. The first-order valence-electron chi connectivity index (χ1n) is 7.70. The van der Waals surface area contributed by atoms with E-state index in [9.17, 15) is 0 Å². The highest BCUT2D eigenvalue weighted by Gasteiger charge is 2.14. The zero-order valence-corrected chi connectivity index (χ0v) is 13.5. The van der Waals surface area contributed by atoms with Crippen LogP contribution in [0.4, 0.5) is 0 Å². The van der Waals surface area contributed by atoms with E-state index in [0.29, 0.717) is 0 Å². The van der Waals surface area contributed by atoms with Gasteiger partial charge in [-0.1, -0.05) is 18.2 Å². The highest BCUT2D eigenvalue weighted by molar-refractivity contribution is 5.85. The van der Waals surface area contributed by atoms with Crippen LogP contribution in [0.15, 0.2) is 48.9 Å². The summed E-state index contributed by atoms with van der Waals surface area (Å²) in [5, 5.41) is 5.82. The summed E-state index contributed by atoms with van der Waals surface area (Å²) in [6.07, 6.45) is 5.83. The van der Waals surface area contributed by atoms with E-state index >= 15 is 0 Å². The zero-order valence-electron chi connectivity index (χ0n) is 13.5. The minimum absolute atomic E-state index is 0.879. The summed E-state index contributed by atoms with van der Waals surface area (Å²) in [4.78, 5) is 7.50. The van der Waals surface area contributed by atoms with Crippen molar-refractivity contribution >= 4 is 11.0 Å². The van der Waals surface area contributed by atoms with Crippen LogP contribution in [0.25, 0.3) is 27.8 Å². The lowest BCUT2D eigenvalue weighted by molar-refractivity contribution is 0.868. The van der Waals surface area contributed by atoms with Gasteiger partial charge in [0.05, 0.1) is 11.4 Å². The average Bonchev–Trinajstić information content (AvgIpc) is 3.14. The molecule has 4 aromatic rings. The molecule has 4 nitrogen and oxygen atoms in total. The van der Waals surface area contributed by atoms with E-state index < -0.39 is 0 Å². The molecular weight excluding hydrogens is 284 g/mol. The lowest BCUT2D eigenvalue weighted by atomic mass is 9.96. The smallest absolute Gasteiger partial charge is 0.139 e. The molecule has 0 aliphatic rings. The fraction of sp³-hybridized carbons (Fsp3) is 0.158. The molecule has 4 rings (SSSR count). The summed E-state index contributed by atoms with van der Waals surface area (Å²) in [6, 6.07) is 10.4. The van der Waals surface area contributed by atoms with Gasteiger partial charge >= 0.3 is 0 Å². The normalized spacial score (nSPS) is 11.3. The maximum Gasteiger partial charge on any atom is 0.139 e. The molecule has 4 heteroatoms. The highest BCUT2D eigenvalue weighted by atomic mass is 15.3. The third-order valence-electron chi connectivity index (χ3n) is 4.33. The summed E-state index contributed by atoms with van der Waals surface area (Å²) >= 11 is 0. The number of pyridine rings is 1. The molecule has 1 N–H and O–H groups in total. The maximum absolute atomic E-state index is 4.74. The molecule has 0 amide bonds. The first-order valence-corrected chi connectivity index (χ1v) is 7.70. The standard InChI is InChI=1S/C19H18N4/c1-12-5-4-6-13(2)18(12)16-11-23(22-14(16)3)17-8-10-21-19-15(17)7-9-20-19/h4-11H,1-3H3,(H,20,21). The van der Waals surface area contributed by atoms with Crippen LogP contribution in [-0.2, 0) is 0 Å². The molecule has 1 aromatic carbocycles. The van der Waals surface area contributed by atoms with Crippen LogP contribution in [0, 0.1) is 20.8 Å². The summed E-state index contributed by atoms with van der Waals surface area (Å²) in [5.74, 6) is 0. The molecule has 0 atom stereocenters. The van der Waals surface area contributed by atoms with Crippen molar-refractivity contribution in [2.24, 2.45) is 0 Å². The van der Waals surface area contributed by atoms with Crippen molar-refractivity contribution in [1.82, 2.24) is 19.7 Å². The van der Waals surface area contributed by atoms with Crippen LogP contribution in [0.3, 0.4) is 0 Å². The Morgan fingerprint density at radius 1 is 1.00 bits per heavy atom. The van der Waals surface area contributed by atoms with E-state index in [4.69, 9.17) is 5.10 Å². The molecule has 0 radical (unpaired) electrons. The molecule has 0 aliphatic carbocycles. The number of benzene rings is 1. The molecule has 0 bridgehead atoms. The lowest BCUT2D eigenvalue weighted by Crippen LogP contribution is -1.96. The van der Waals surface area contributed by atoms with Crippen molar-refractivity contribution < 1.29 is 0 Å². The van der Waals surface area contributed by atoms with E-state index in [1.54, 1.807) is 0 Å². The van der Waals surface area contributed by atoms with Crippen molar-refractivity contribution in [1.29, 1.82) is 0 Å². The second-order valence-corrected chi connectivity index (χ2v) is 5.91. The Bertz CT molecular complexity index is 987. The van der Waals surface area contributed by atoms with Gasteiger partial charge in [-0.3, -0.25) is 0 Å². The van der Waals surface area contributed by atoms with Crippen molar-refractivity contribution in [3.63, 3.8) is 0 Å². The van der Waals surface area contributed by atoms with Gasteiger partial charge < -0.3 is 4.98 Å². The lowest BCUT2D eigenvalue weighted by Gasteiger charge is -2.08. The molecule has 0 saturated heterocycles. The molecule has 3 heterocycles. The van der Waals surface area contributed by atoms with E-state index in [1.807, 2.05) is 29.2 Å². The molecule has 3 aromatic heterocycles. The molecule has 0 fully saturated rings. The van der Waals surface area contributed by atoms with Gasteiger partial charge in [-0.15, -0.1) is 0 Å². The second-order valence-electron chi connectivity index (χ2n) is 5.91. The number of H-pyrrole nitrogens is 1. The molecule has 0 aliphatic heterocycles. The zero-order chi connectivity index (χ0) is 16.0. The predicted molar refractivity (Wildman–Crippen MR) is 92.9 cm³/mol. The summed E-state index contributed by atoms with van der Waals surface area (Å²) < 4.78 is 1.95. The number of nitrogens with one attached hydrogen (secondary N) is 1. The van der Waals surface area contributed by atoms with Gasteiger partial charge in [0.25, 0.3) is 0 Å². The predicted octanol–water partition coefficient (Wildman–Crippen LogP) is 4.34. The van der Waals surface area contributed by atoms with Crippen molar-refractivity contribution in [3.8, 4) is 16.8 Å². The highest BCUT2D eigenvalue weighted by Crippen LogP contribution is 2.31. The molecular formula is C19H18N4. The van der Waals surface area contributed by atoms with Crippen LogP contribution < -0.4 is 0 Å². The molecule has 0 saturated carbocycles. The van der Waals surface area contributed by atoms with Crippen LogP contribution in [0.5, 0.6) is 0 Å². The van der Waals surface area contributed by atoms with Crippen LogP contribution >= 0.6 is 0 Å². The van der Waals surface area contributed by atoms with Crippen molar-refractivity contribution in [3.05, 3.63) is 65.7 Å². The number of fused-ring (bicyclic) bond motifs is 1. The molecule has 23 heavy (non-hydrogen) atoms. The minimum atomic E-state index is 0.879. The quantitative estimate of drug-likeness (QED) is 0.598. The average molecular weight is 302 g/mol. The Morgan fingerprint density at radius 2 is 1.78 bits per heavy atom. The topological polar surface area (TPSA) is 46.5 Å². The first-order chi connectivity index (χ1) is 11.1. The number of nitrogens with zero attached hydrogens (tertiary/aromatic N) is 3. The number of hydrogen-bond acceptors (Lipinski definition) is 2. The van der Waals surface area contributed by atoms with E-state index in [-0.39, 0.29) is 0 Å².